The van der Waals surface area contributed by atoms with Crippen LogP contribution in [-0.2, 0) is 11.2 Å². The Morgan fingerprint density at radius 1 is 1.53 bits per heavy atom. The summed E-state index contributed by atoms with van der Waals surface area (Å²) in [6, 6.07) is 8.66. The average molecular weight is 203 g/mol. The topological polar surface area (TPSA) is 78.9 Å². The van der Waals surface area contributed by atoms with Gasteiger partial charge in [0.05, 0.1) is 18.5 Å². The molecule has 4 nitrogen and oxygen atoms in total. The summed E-state index contributed by atoms with van der Waals surface area (Å²) in [5, 5.41) is 11.1. The van der Waals surface area contributed by atoms with E-state index < -0.39 is 6.04 Å². The Balaban J connectivity index is 2.65. The van der Waals surface area contributed by atoms with Crippen LogP contribution in [0.5, 0.6) is 0 Å². The van der Waals surface area contributed by atoms with Crippen LogP contribution in [0.15, 0.2) is 24.3 Å². The Labute approximate surface area is 88.7 Å². The Bertz CT molecular complexity index is 376. The summed E-state index contributed by atoms with van der Waals surface area (Å²) in [6.07, 6.45) is 0.377. The summed E-state index contributed by atoms with van der Waals surface area (Å²) in [7, 11) is 0. The highest BCUT2D eigenvalue weighted by Gasteiger charge is 2.06. The third kappa shape index (κ3) is 3.41. The maximum absolute atomic E-state index is 11.2. The van der Waals surface area contributed by atoms with Crippen molar-refractivity contribution in [2.24, 2.45) is 5.73 Å². The first-order valence-electron chi connectivity index (χ1n) is 4.66. The van der Waals surface area contributed by atoms with E-state index in [9.17, 15) is 4.79 Å². The highest BCUT2D eigenvalue weighted by Crippen LogP contribution is 2.09. The minimum absolute atomic E-state index is 0.219. The Morgan fingerprint density at radius 3 is 2.60 bits per heavy atom. The van der Waals surface area contributed by atoms with Crippen molar-refractivity contribution in [3.8, 4) is 6.07 Å². The zero-order valence-corrected chi connectivity index (χ0v) is 8.53. The number of benzene rings is 1. The third-order valence-electron chi connectivity index (χ3n) is 1.92. The van der Waals surface area contributed by atoms with Crippen molar-refractivity contribution >= 4 is 11.6 Å². The van der Waals surface area contributed by atoms with Gasteiger partial charge >= 0.3 is 0 Å². The van der Waals surface area contributed by atoms with E-state index >= 15 is 0 Å². The van der Waals surface area contributed by atoms with E-state index in [-0.39, 0.29) is 5.91 Å². The molecular weight excluding hydrogens is 190 g/mol. The summed E-state index contributed by atoms with van der Waals surface area (Å²) in [4.78, 5) is 11.2. The van der Waals surface area contributed by atoms with Crippen LogP contribution in [0.4, 0.5) is 5.69 Å². The molecule has 0 aliphatic heterocycles. The highest BCUT2D eigenvalue weighted by atomic mass is 16.2. The summed E-state index contributed by atoms with van der Waals surface area (Å²) >= 11 is 0. The second-order valence-electron chi connectivity index (χ2n) is 3.31. The van der Waals surface area contributed by atoms with Crippen LogP contribution in [0.25, 0.3) is 0 Å². The number of nitrogens with two attached hydrogens (primary N) is 1. The van der Waals surface area contributed by atoms with Gasteiger partial charge in [-0.3, -0.25) is 4.79 Å². The molecule has 1 aromatic rings. The van der Waals surface area contributed by atoms with Gasteiger partial charge in [-0.15, -0.1) is 0 Å². The molecule has 15 heavy (non-hydrogen) atoms. The molecule has 4 heteroatoms. The molecule has 0 spiro atoms. The van der Waals surface area contributed by atoms with E-state index in [0.29, 0.717) is 12.1 Å². The number of hydrogen-bond donors (Lipinski definition) is 2. The number of amides is 1. The van der Waals surface area contributed by atoms with Crippen molar-refractivity contribution in [3.05, 3.63) is 29.8 Å². The van der Waals surface area contributed by atoms with Crippen LogP contribution in [0.3, 0.4) is 0 Å². The maximum atomic E-state index is 11.2. The molecule has 0 fully saturated rings. The van der Waals surface area contributed by atoms with E-state index in [1.54, 1.807) is 31.2 Å². The van der Waals surface area contributed by atoms with Crippen molar-refractivity contribution in [3.63, 3.8) is 0 Å². The zero-order chi connectivity index (χ0) is 11.3. The lowest BCUT2D eigenvalue weighted by Gasteiger charge is -2.07. The Hall–Kier alpha value is -1.86. The molecule has 1 aromatic carbocycles. The van der Waals surface area contributed by atoms with Gasteiger partial charge in [0.2, 0.25) is 5.91 Å². The molecular formula is C11H13N3O. The molecule has 0 aromatic heterocycles. The molecule has 3 N–H and O–H groups in total. The van der Waals surface area contributed by atoms with Crippen LogP contribution in [0.1, 0.15) is 12.5 Å². The predicted molar refractivity (Wildman–Crippen MR) is 58.0 cm³/mol. The van der Waals surface area contributed by atoms with Gasteiger partial charge < -0.3 is 11.1 Å². The number of rotatable bonds is 3. The highest BCUT2D eigenvalue weighted by molar-refractivity contribution is 5.94. The Kier molecular flexibility index (Phi) is 3.83. The smallest absolute Gasteiger partial charge is 0.240 e. The Morgan fingerprint density at radius 2 is 2.13 bits per heavy atom. The number of nitrogens with zero attached hydrogens (tertiary/aromatic N) is 1. The fourth-order valence-electron chi connectivity index (χ4n) is 1.05. The van der Waals surface area contributed by atoms with Crippen molar-refractivity contribution in [1.29, 1.82) is 5.26 Å². The average Bonchev–Trinajstić information content (AvgIpc) is 2.21. The summed E-state index contributed by atoms with van der Waals surface area (Å²) in [5.41, 5.74) is 7.03. The number of nitriles is 1. The maximum Gasteiger partial charge on any atom is 0.240 e. The fourth-order valence-corrected chi connectivity index (χ4v) is 1.05. The standard InChI is InChI=1S/C11H13N3O/c1-8(13)11(15)14-10-4-2-9(3-5-10)6-7-12/h2-5,8H,6,13H2,1H3,(H,14,15)/t8-/m0/s1. The largest absolute Gasteiger partial charge is 0.325 e. The summed E-state index contributed by atoms with van der Waals surface area (Å²) < 4.78 is 0. The van der Waals surface area contributed by atoms with Crippen LogP contribution in [0, 0.1) is 11.3 Å². The van der Waals surface area contributed by atoms with Crippen molar-refractivity contribution in [2.75, 3.05) is 5.32 Å². The van der Waals surface area contributed by atoms with Gasteiger partial charge in [-0.1, -0.05) is 12.1 Å². The lowest BCUT2D eigenvalue weighted by molar-refractivity contribution is -0.117. The van der Waals surface area contributed by atoms with E-state index in [1.165, 1.54) is 0 Å². The van der Waals surface area contributed by atoms with Crippen molar-refractivity contribution in [2.45, 2.75) is 19.4 Å². The van der Waals surface area contributed by atoms with Crippen LogP contribution < -0.4 is 11.1 Å². The molecule has 1 amide bonds. The predicted octanol–water partition coefficient (Wildman–Crippen LogP) is 1.04. The minimum Gasteiger partial charge on any atom is -0.325 e. The lowest BCUT2D eigenvalue weighted by atomic mass is 10.1. The van der Waals surface area contributed by atoms with E-state index in [2.05, 4.69) is 11.4 Å². The normalized spacial score (nSPS) is 11.5. The van der Waals surface area contributed by atoms with Crippen molar-refractivity contribution in [1.82, 2.24) is 0 Å². The molecule has 0 aliphatic rings. The first kappa shape index (κ1) is 11.2. The zero-order valence-electron chi connectivity index (χ0n) is 8.53. The van der Waals surface area contributed by atoms with Gasteiger partial charge in [0.25, 0.3) is 0 Å². The molecule has 0 bridgehead atoms. The quantitative estimate of drug-likeness (QED) is 0.770. The van der Waals surface area contributed by atoms with Crippen LogP contribution >= 0.6 is 0 Å². The third-order valence-corrected chi connectivity index (χ3v) is 1.92. The number of carbonyl (C=O) groups is 1. The van der Waals surface area contributed by atoms with Gasteiger partial charge in [0, 0.05) is 5.69 Å². The van der Waals surface area contributed by atoms with Crippen molar-refractivity contribution < 1.29 is 4.79 Å². The molecule has 78 valence electrons. The summed E-state index contributed by atoms with van der Waals surface area (Å²) in [6.45, 7) is 1.62. The van der Waals surface area contributed by atoms with Gasteiger partial charge in [0.1, 0.15) is 0 Å². The first-order chi connectivity index (χ1) is 7.13. The summed E-state index contributed by atoms with van der Waals surface area (Å²) in [5.74, 6) is -0.219. The molecule has 0 aliphatic carbocycles. The van der Waals surface area contributed by atoms with E-state index in [4.69, 9.17) is 11.0 Å². The van der Waals surface area contributed by atoms with Crippen LogP contribution in [0.2, 0.25) is 0 Å². The minimum atomic E-state index is -0.524. The second-order valence-corrected chi connectivity index (χ2v) is 3.31. The fraction of sp³-hybridized carbons (Fsp3) is 0.273. The van der Waals surface area contributed by atoms with Gasteiger partial charge in [-0.2, -0.15) is 5.26 Å². The first-order valence-corrected chi connectivity index (χ1v) is 4.66. The monoisotopic (exact) mass is 203 g/mol. The lowest BCUT2D eigenvalue weighted by Crippen LogP contribution is -2.32. The number of nitrogens with one attached hydrogen (secondary N) is 1. The molecule has 1 atom stereocenters. The molecule has 0 radical (unpaired) electrons. The number of hydrogen-bond acceptors (Lipinski definition) is 3. The second kappa shape index (κ2) is 5.13. The van der Waals surface area contributed by atoms with Crippen LogP contribution in [-0.4, -0.2) is 11.9 Å². The van der Waals surface area contributed by atoms with Gasteiger partial charge in [0.15, 0.2) is 0 Å². The van der Waals surface area contributed by atoms with Gasteiger partial charge in [-0.25, -0.2) is 0 Å². The number of carbonyl (C=O) groups excluding carboxylic acids is 1. The number of anilines is 1. The molecule has 0 heterocycles. The van der Waals surface area contributed by atoms with Gasteiger partial charge in [-0.05, 0) is 24.6 Å². The molecule has 0 unspecified atom stereocenters. The molecule has 0 saturated carbocycles. The molecule has 0 saturated heterocycles. The van der Waals surface area contributed by atoms with E-state index in [1.807, 2.05) is 0 Å². The SMILES string of the molecule is C[C@H](N)C(=O)Nc1ccc(CC#N)cc1. The molecule has 1 rings (SSSR count). The van der Waals surface area contributed by atoms with E-state index in [0.717, 1.165) is 5.56 Å².